The molecule has 1 aliphatic rings. The predicted molar refractivity (Wildman–Crippen MR) is 42.1 cm³/mol. The minimum absolute atomic E-state index is 0.00372. The molecular weight excluding hydrogens is 178 g/mol. The molecule has 2 N–H and O–H groups in total. The van der Waals surface area contributed by atoms with E-state index >= 15 is 0 Å². The number of hydrogen-bond donors (Lipinski definition) is 1. The Morgan fingerprint density at radius 3 is 2.85 bits per heavy atom. The van der Waals surface area contributed by atoms with E-state index in [2.05, 4.69) is 10.2 Å². The molecule has 0 amide bonds. The smallest absolute Gasteiger partial charge is 0.251 e. The Labute approximate surface area is 73.7 Å². The van der Waals surface area contributed by atoms with Crippen molar-refractivity contribution >= 4 is 5.82 Å². The van der Waals surface area contributed by atoms with Crippen LogP contribution in [0.15, 0.2) is 6.20 Å². The maximum Gasteiger partial charge on any atom is 0.251 e. The van der Waals surface area contributed by atoms with Crippen molar-refractivity contribution in [3.63, 3.8) is 0 Å². The molecule has 0 bridgehead atoms. The molecule has 1 aliphatic carbocycles. The fraction of sp³-hybridized carbons (Fsp3) is 0.714. The van der Waals surface area contributed by atoms with Gasteiger partial charge in [-0.15, -0.1) is 5.10 Å². The average molecular weight is 188 g/mol. The number of rotatable bonds is 3. The third-order valence-electron chi connectivity index (χ3n) is 2.19. The van der Waals surface area contributed by atoms with Crippen LogP contribution in [0.25, 0.3) is 0 Å². The minimum atomic E-state index is -2.45. The Morgan fingerprint density at radius 1 is 1.69 bits per heavy atom. The molecule has 72 valence electrons. The van der Waals surface area contributed by atoms with Crippen LogP contribution in [0.4, 0.5) is 14.6 Å². The second-order valence-corrected chi connectivity index (χ2v) is 3.32. The number of anilines is 1. The number of nitrogen functional groups attached to an aromatic ring is 1. The molecule has 1 atom stereocenters. The molecule has 0 spiro atoms. The second-order valence-electron chi connectivity index (χ2n) is 3.32. The highest BCUT2D eigenvalue weighted by atomic mass is 19.3. The van der Waals surface area contributed by atoms with Crippen LogP contribution in [0.2, 0.25) is 0 Å². The van der Waals surface area contributed by atoms with Crippen molar-refractivity contribution in [3.8, 4) is 0 Å². The number of aromatic nitrogens is 3. The van der Waals surface area contributed by atoms with Gasteiger partial charge in [0.05, 0.1) is 12.7 Å². The van der Waals surface area contributed by atoms with Gasteiger partial charge in [0, 0.05) is 12.3 Å². The summed E-state index contributed by atoms with van der Waals surface area (Å²) in [5.74, 6) is -2.61. The van der Waals surface area contributed by atoms with E-state index in [0.717, 1.165) is 0 Å². The van der Waals surface area contributed by atoms with E-state index in [-0.39, 0.29) is 6.42 Å². The van der Waals surface area contributed by atoms with Crippen LogP contribution in [0, 0.1) is 5.92 Å². The molecule has 1 saturated carbocycles. The summed E-state index contributed by atoms with van der Waals surface area (Å²) in [7, 11) is 0. The summed E-state index contributed by atoms with van der Waals surface area (Å²) in [6, 6.07) is 0. The lowest BCUT2D eigenvalue weighted by Gasteiger charge is -1.97. The molecule has 0 radical (unpaired) electrons. The van der Waals surface area contributed by atoms with Crippen LogP contribution in [0.5, 0.6) is 0 Å². The molecule has 13 heavy (non-hydrogen) atoms. The van der Waals surface area contributed by atoms with Gasteiger partial charge in [0.25, 0.3) is 5.92 Å². The Kier molecular flexibility index (Phi) is 1.71. The van der Waals surface area contributed by atoms with Gasteiger partial charge in [-0.25, -0.2) is 8.78 Å². The number of halogens is 2. The molecule has 1 aromatic rings. The van der Waals surface area contributed by atoms with Crippen LogP contribution in [0.1, 0.15) is 12.8 Å². The van der Waals surface area contributed by atoms with Gasteiger partial charge in [-0.1, -0.05) is 0 Å². The number of aryl methyl sites for hydroxylation is 1. The first-order chi connectivity index (χ1) is 6.08. The summed E-state index contributed by atoms with van der Waals surface area (Å²) in [4.78, 5) is 1.35. The monoisotopic (exact) mass is 188 g/mol. The summed E-state index contributed by atoms with van der Waals surface area (Å²) >= 11 is 0. The fourth-order valence-electron chi connectivity index (χ4n) is 1.27. The lowest BCUT2D eigenvalue weighted by Crippen LogP contribution is -2.05. The normalized spacial score (nSPS) is 24.6. The molecule has 1 aromatic heterocycles. The zero-order valence-electron chi connectivity index (χ0n) is 6.95. The van der Waals surface area contributed by atoms with E-state index in [1.54, 1.807) is 0 Å². The molecule has 2 rings (SSSR count). The van der Waals surface area contributed by atoms with E-state index in [1.807, 2.05) is 0 Å². The fourth-order valence-corrected chi connectivity index (χ4v) is 1.27. The Balaban J connectivity index is 1.81. The number of nitrogens with zero attached hydrogens (tertiary/aromatic N) is 3. The van der Waals surface area contributed by atoms with E-state index in [0.29, 0.717) is 18.8 Å². The van der Waals surface area contributed by atoms with Crippen LogP contribution in [0.3, 0.4) is 0 Å². The Morgan fingerprint density at radius 2 is 2.38 bits per heavy atom. The third kappa shape index (κ3) is 1.76. The highest BCUT2D eigenvalue weighted by Gasteiger charge is 2.56. The lowest BCUT2D eigenvalue weighted by molar-refractivity contribution is 0.0955. The van der Waals surface area contributed by atoms with E-state index in [1.165, 1.54) is 11.0 Å². The lowest BCUT2D eigenvalue weighted by atomic mass is 10.3. The summed E-state index contributed by atoms with van der Waals surface area (Å²) in [5, 5.41) is 7.60. The van der Waals surface area contributed by atoms with Gasteiger partial charge >= 0.3 is 0 Å². The molecule has 1 fully saturated rings. The van der Waals surface area contributed by atoms with Gasteiger partial charge in [-0.3, -0.25) is 0 Å². The Bertz CT molecular complexity index is 309. The van der Waals surface area contributed by atoms with Gasteiger partial charge in [0.2, 0.25) is 0 Å². The number of nitrogens with two attached hydrogens (primary N) is 1. The van der Waals surface area contributed by atoms with Crippen molar-refractivity contribution < 1.29 is 8.78 Å². The molecule has 0 aliphatic heterocycles. The van der Waals surface area contributed by atoms with Crippen LogP contribution < -0.4 is 5.73 Å². The maximum absolute atomic E-state index is 12.4. The molecule has 4 nitrogen and oxygen atoms in total. The quantitative estimate of drug-likeness (QED) is 0.766. The first kappa shape index (κ1) is 8.40. The highest BCUT2D eigenvalue weighted by molar-refractivity contribution is 5.19. The first-order valence-electron chi connectivity index (χ1n) is 4.11. The molecular formula is C7H10F2N4. The van der Waals surface area contributed by atoms with Gasteiger partial charge in [0.1, 0.15) is 0 Å². The highest BCUT2D eigenvalue weighted by Crippen LogP contribution is 2.50. The molecule has 0 aromatic carbocycles. The van der Waals surface area contributed by atoms with E-state index in [4.69, 9.17) is 5.73 Å². The van der Waals surface area contributed by atoms with Crippen molar-refractivity contribution in [2.24, 2.45) is 5.92 Å². The SMILES string of the molecule is Nc1cnn(CCC2CC2(F)F)n1. The van der Waals surface area contributed by atoms with Crippen molar-refractivity contribution in [3.05, 3.63) is 6.20 Å². The third-order valence-corrected chi connectivity index (χ3v) is 2.19. The van der Waals surface area contributed by atoms with E-state index < -0.39 is 11.8 Å². The first-order valence-corrected chi connectivity index (χ1v) is 4.11. The van der Waals surface area contributed by atoms with Gasteiger partial charge in [-0.2, -0.15) is 9.90 Å². The zero-order chi connectivity index (χ0) is 9.47. The van der Waals surface area contributed by atoms with Crippen LogP contribution >= 0.6 is 0 Å². The second kappa shape index (κ2) is 2.65. The molecule has 1 heterocycles. The standard InChI is InChI=1S/C7H10F2N4/c8-7(9)3-5(7)1-2-13-11-4-6(10)12-13/h4-5H,1-3H2,(H2,10,12). The predicted octanol–water partition coefficient (Wildman–Crippen LogP) is 0.906. The molecule has 1 unspecified atom stereocenters. The largest absolute Gasteiger partial charge is 0.381 e. The van der Waals surface area contributed by atoms with Crippen LogP contribution in [-0.2, 0) is 6.54 Å². The van der Waals surface area contributed by atoms with Crippen molar-refractivity contribution in [2.45, 2.75) is 25.3 Å². The minimum Gasteiger partial charge on any atom is -0.381 e. The van der Waals surface area contributed by atoms with E-state index in [9.17, 15) is 8.78 Å². The average Bonchev–Trinajstić information content (AvgIpc) is 2.45. The summed E-state index contributed by atoms with van der Waals surface area (Å²) in [6.45, 7) is 0.414. The van der Waals surface area contributed by atoms with Crippen molar-refractivity contribution in [1.82, 2.24) is 15.0 Å². The topological polar surface area (TPSA) is 56.7 Å². The Hall–Kier alpha value is -1.20. The molecule has 6 heteroatoms. The summed E-state index contributed by atoms with van der Waals surface area (Å²) in [6.07, 6.45) is 1.83. The van der Waals surface area contributed by atoms with Gasteiger partial charge in [-0.05, 0) is 6.42 Å². The van der Waals surface area contributed by atoms with Crippen LogP contribution in [-0.4, -0.2) is 20.9 Å². The number of hydrogen-bond acceptors (Lipinski definition) is 3. The maximum atomic E-state index is 12.4. The zero-order valence-corrected chi connectivity index (χ0v) is 6.95. The van der Waals surface area contributed by atoms with Crippen molar-refractivity contribution in [2.75, 3.05) is 5.73 Å². The van der Waals surface area contributed by atoms with Gasteiger partial charge in [0.15, 0.2) is 5.82 Å². The number of alkyl halides is 2. The summed E-state index contributed by atoms with van der Waals surface area (Å²) in [5.41, 5.74) is 5.31. The van der Waals surface area contributed by atoms with Gasteiger partial charge < -0.3 is 5.73 Å². The van der Waals surface area contributed by atoms with Crippen molar-refractivity contribution in [1.29, 1.82) is 0 Å². The molecule has 0 saturated heterocycles. The summed E-state index contributed by atoms with van der Waals surface area (Å²) < 4.78 is 24.9.